The minimum Gasteiger partial charge on any atom is -0.159 e. The Morgan fingerprint density at radius 3 is 2.33 bits per heavy atom. The third-order valence-corrected chi connectivity index (χ3v) is 3.88. The summed E-state index contributed by atoms with van der Waals surface area (Å²) < 4.78 is 0. The van der Waals surface area contributed by atoms with Crippen LogP contribution >= 0.6 is 0 Å². The van der Waals surface area contributed by atoms with Crippen LogP contribution in [0.5, 0.6) is 0 Å². The fourth-order valence-electron chi connectivity index (χ4n) is 2.47. The molecule has 124 valence electrons. The van der Waals surface area contributed by atoms with Crippen molar-refractivity contribution in [3.63, 3.8) is 0 Å². The number of aryl methyl sites for hydroxylation is 3. The zero-order chi connectivity index (χ0) is 17.2. The minimum atomic E-state index is 1.07. The van der Waals surface area contributed by atoms with Gasteiger partial charge in [0.2, 0.25) is 0 Å². The lowest BCUT2D eigenvalue weighted by molar-refractivity contribution is 0.992. The molecule has 0 radical (unpaired) electrons. The van der Waals surface area contributed by atoms with Crippen molar-refractivity contribution >= 4 is 12.4 Å². The molecule has 0 N–H and O–H groups in total. The molecule has 0 heterocycles. The quantitative estimate of drug-likeness (QED) is 0.358. The molecular weight excluding hydrogens is 292 g/mol. The van der Waals surface area contributed by atoms with E-state index in [1.54, 1.807) is 12.4 Å². The van der Waals surface area contributed by atoms with Crippen molar-refractivity contribution in [2.24, 2.45) is 10.2 Å². The van der Waals surface area contributed by atoms with Crippen molar-refractivity contribution in [3.05, 3.63) is 82.4 Å². The summed E-state index contributed by atoms with van der Waals surface area (Å²) in [7, 11) is 0. The van der Waals surface area contributed by atoms with Gasteiger partial charge in [0.15, 0.2) is 0 Å². The molecule has 0 fully saturated rings. The van der Waals surface area contributed by atoms with Crippen LogP contribution in [0.1, 0.15) is 47.6 Å². The van der Waals surface area contributed by atoms with Crippen LogP contribution in [0.15, 0.2) is 64.8 Å². The maximum Gasteiger partial charge on any atom is 0.0570 e. The second kappa shape index (κ2) is 9.61. The smallest absolute Gasteiger partial charge is 0.0570 e. The predicted molar refractivity (Wildman–Crippen MR) is 105 cm³/mol. The number of benzene rings is 2. The van der Waals surface area contributed by atoms with Gasteiger partial charge < -0.3 is 0 Å². The van der Waals surface area contributed by atoms with E-state index in [1.807, 2.05) is 0 Å². The van der Waals surface area contributed by atoms with Crippen molar-refractivity contribution < 1.29 is 0 Å². The molecule has 0 unspecified atom stereocenters. The van der Waals surface area contributed by atoms with Crippen molar-refractivity contribution in [2.45, 2.75) is 40.0 Å². The van der Waals surface area contributed by atoms with Crippen LogP contribution < -0.4 is 0 Å². The predicted octanol–water partition coefficient (Wildman–Crippen LogP) is 5.66. The van der Waals surface area contributed by atoms with E-state index in [1.165, 1.54) is 16.7 Å². The Labute approximate surface area is 145 Å². The first-order valence-electron chi connectivity index (χ1n) is 8.56. The van der Waals surface area contributed by atoms with Gasteiger partial charge in [0.05, 0.1) is 12.4 Å². The van der Waals surface area contributed by atoms with Gasteiger partial charge in [0, 0.05) is 0 Å². The summed E-state index contributed by atoms with van der Waals surface area (Å²) in [6, 6.07) is 14.8. The Morgan fingerprint density at radius 2 is 1.62 bits per heavy atom. The van der Waals surface area contributed by atoms with Crippen LogP contribution in [-0.2, 0) is 6.42 Å². The molecule has 0 atom stereocenters. The van der Waals surface area contributed by atoms with Crippen molar-refractivity contribution in [1.29, 1.82) is 0 Å². The molecule has 2 nitrogen and oxygen atoms in total. The van der Waals surface area contributed by atoms with Gasteiger partial charge in [-0.05, 0) is 55.4 Å². The fourth-order valence-corrected chi connectivity index (χ4v) is 2.47. The lowest BCUT2D eigenvalue weighted by Gasteiger charge is -2.00. The number of hydrogen-bond donors (Lipinski definition) is 0. The Balaban J connectivity index is 1.89. The molecule has 0 aliphatic rings. The first-order valence-corrected chi connectivity index (χ1v) is 8.56. The van der Waals surface area contributed by atoms with E-state index in [4.69, 9.17) is 0 Å². The van der Waals surface area contributed by atoms with Gasteiger partial charge in [-0.2, -0.15) is 10.2 Å². The maximum absolute atomic E-state index is 4.16. The fraction of sp³-hybridized carbons (Fsp3) is 0.273. The Morgan fingerprint density at radius 1 is 0.875 bits per heavy atom. The van der Waals surface area contributed by atoms with Crippen LogP contribution in [0.2, 0.25) is 0 Å². The molecule has 0 saturated carbocycles. The van der Waals surface area contributed by atoms with Crippen LogP contribution in [-0.4, -0.2) is 12.4 Å². The van der Waals surface area contributed by atoms with E-state index in [0.717, 1.165) is 30.4 Å². The van der Waals surface area contributed by atoms with Crippen molar-refractivity contribution in [3.8, 4) is 0 Å². The third-order valence-electron chi connectivity index (χ3n) is 3.88. The van der Waals surface area contributed by atoms with E-state index >= 15 is 0 Å². The van der Waals surface area contributed by atoms with E-state index in [0.29, 0.717) is 0 Å². The Bertz CT molecular complexity index is 722. The van der Waals surface area contributed by atoms with Crippen LogP contribution in [0.4, 0.5) is 0 Å². The molecule has 0 amide bonds. The largest absolute Gasteiger partial charge is 0.159 e. The van der Waals surface area contributed by atoms with E-state index < -0.39 is 0 Å². The minimum absolute atomic E-state index is 1.07. The molecule has 0 aliphatic heterocycles. The molecule has 0 bridgehead atoms. The molecular formula is C22H26N2. The lowest BCUT2D eigenvalue weighted by Crippen LogP contribution is -1.88. The van der Waals surface area contributed by atoms with Gasteiger partial charge in [-0.1, -0.05) is 67.1 Å². The van der Waals surface area contributed by atoms with Crippen LogP contribution in [0.3, 0.4) is 0 Å². The third kappa shape index (κ3) is 5.96. The standard InChI is InChI=1S/C22H26N2/c1-4-5-6-7-8-20-10-12-21(13-11-20)16-23-24-17-22-14-9-18(2)15-19(22)3/h5-6,9-17H,4,7-8H2,1-3H3/b6-5+,23-16+,24-17+. The number of rotatable bonds is 7. The van der Waals surface area contributed by atoms with Gasteiger partial charge >= 0.3 is 0 Å². The molecule has 24 heavy (non-hydrogen) atoms. The maximum atomic E-state index is 4.16. The number of hydrogen-bond acceptors (Lipinski definition) is 2. The molecule has 0 saturated heterocycles. The molecule has 2 rings (SSSR count). The molecule has 2 aromatic carbocycles. The summed E-state index contributed by atoms with van der Waals surface area (Å²) in [5, 5.41) is 8.31. The molecule has 0 aliphatic carbocycles. The highest BCUT2D eigenvalue weighted by Gasteiger charge is 1.94. The summed E-state index contributed by atoms with van der Waals surface area (Å²) in [6.07, 6.45) is 11.4. The van der Waals surface area contributed by atoms with E-state index in [-0.39, 0.29) is 0 Å². The highest BCUT2D eigenvalue weighted by Crippen LogP contribution is 2.08. The zero-order valence-corrected chi connectivity index (χ0v) is 14.9. The highest BCUT2D eigenvalue weighted by atomic mass is 15.2. The molecule has 0 aromatic heterocycles. The van der Waals surface area contributed by atoms with Crippen molar-refractivity contribution in [2.75, 3.05) is 0 Å². The molecule has 0 spiro atoms. The van der Waals surface area contributed by atoms with Gasteiger partial charge in [0.25, 0.3) is 0 Å². The zero-order valence-electron chi connectivity index (χ0n) is 14.9. The summed E-state index contributed by atoms with van der Waals surface area (Å²) in [4.78, 5) is 0. The monoisotopic (exact) mass is 318 g/mol. The van der Waals surface area contributed by atoms with Gasteiger partial charge in [-0.25, -0.2) is 0 Å². The first-order chi connectivity index (χ1) is 11.7. The first kappa shape index (κ1) is 17.9. The van der Waals surface area contributed by atoms with Gasteiger partial charge in [-0.3, -0.25) is 0 Å². The average molecular weight is 318 g/mol. The summed E-state index contributed by atoms with van der Waals surface area (Å²) in [5.74, 6) is 0. The van der Waals surface area contributed by atoms with Gasteiger partial charge in [0.1, 0.15) is 0 Å². The summed E-state index contributed by atoms with van der Waals surface area (Å²) in [6.45, 7) is 6.34. The summed E-state index contributed by atoms with van der Waals surface area (Å²) in [5.41, 5.74) is 6.01. The Hall–Kier alpha value is -2.48. The highest BCUT2D eigenvalue weighted by molar-refractivity contribution is 5.83. The number of nitrogens with zero attached hydrogens (tertiary/aromatic N) is 2. The Kier molecular flexibility index (Phi) is 7.16. The van der Waals surface area contributed by atoms with Crippen LogP contribution in [0, 0.1) is 13.8 Å². The number of allylic oxidation sites excluding steroid dienone is 2. The van der Waals surface area contributed by atoms with Gasteiger partial charge in [-0.15, -0.1) is 0 Å². The van der Waals surface area contributed by atoms with E-state index in [9.17, 15) is 0 Å². The average Bonchev–Trinajstić information content (AvgIpc) is 2.58. The molecule has 2 aromatic rings. The second-order valence-corrected chi connectivity index (χ2v) is 6.01. The second-order valence-electron chi connectivity index (χ2n) is 6.01. The molecule has 2 heteroatoms. The lowest BCUT2D eigenvalue weighted by atomic mass is 10.1. The van der Waals surface area contributed by atoms with E-state index in [2.05, 4.69) is 85.6 Å². The van der Waals surface area contributed by atoms with Crippen LogP contribution in [0.25, 0.3) is 0 Å². The SMILES string of the molecule is CC/C=C/CCc1ccc(/C=N/N=C/c2ccc(C)cc2C)cc1. The summed E-state index contributed by atoms with van der Waals surface area (Å²) >= 11 is 0. The normalized spacial score (nSPS) is 12.0. The topological polar surface area (TPSA) is 24.7 Å². The van der Waals surface area contributed by atoms with Crippen molar-refractivity contribution in [1.82, 2.24) is 0 Å².